The minimum Gasteiger partial charge on any atom is -0.373 e. The summed E-state index contributed by atoms with van der Waals surface area (Å²) in [6, 6.07) is 33.4. The normalized spacial score (nSPS) is 12.0. The predicted octanol–water partition coefficient (Wildman–Crippen LogP) is 6.93. The third-order valence-electron chi connectivity index (χ3n) is 7.20. The van der Waals surface area contributed by atoms with Gasteiger partial charge in [0.05, 0.1) is 0 Å². The van der Waals surface area contributed by atoms with Gasteiger partial charge in [0.15, 0.2) is 0 Å². The molecule has 0 radical (unpaired) electrons. The van der Waals surface area contributed by atoms with Gasteiger partial charge in [-0.3, -0.25) is 0 Å². The second-order valence-electron chi connectivity index (χ2n) is 10.4. The molecule has 5 rings (SSSR count). The van der Waals surface area contributed by atoms with Gasteiger partial charge in [0.1, 0.15) is 0 Å². The summed E-state index contributed by atoms with van der Waals surface area (Å²) in [5.41, 5.74) is 3.94. The zero-order valence-electron chi connectivity index (χ0n) is 24.4. The maximum atomic E-state index is 5.61. The molecule has 5 aromatic carbocycles. The lowest BCUT2D eigenvalue weighted by atomic mass is 9.92. The van der Waals surface area contributed by atoms with Gasteiger partial charge in [-0.05, 0) is 81.6 Å². The van der Waals surface area contributed by atoms with Gasteiger partial charge in [-0.15, -0.1) is 0 Å². The summed E-state index contributed by atoms with van der Waals surface area (Å²) in [5.74, 6) is 13.8. The van der Waals surface area contributed by atoms with Gasteiger partial charge < -0.3 is 13.3 Å². The lowest BCUT2D eigenvalue weighted by Gasteiger charge is -2.25. The van der Waals surface area contributed by atoms with Gasteiger partial charge in [0.2, 0.25) is 0 Å². The quantitative estimate of drug-likeness (QED) is 0.129. The van der Waals surface area contributed by atoms with E-state index in [1.165, 1.54) is 4.90 Å². The summed E-state index contributed by atoms with van der Waals surface area (Å²) in [5, 5.41) is 5.28. The number of fused-ring (bicyclic) bond motifs is 2. The van der Waals surface area contributed by atoms with Crippen molar-refractivity contribution in [3.8, 4) is 23.7 Å². The largest absolute Gasteiger partial charge is 0.536 e. The van der Waals surface area contributed by atoms with Crippen molar-refractivity contribution < 1.29 is 13.3 Å². The Morgan fingerprint density at radius 3 is 1.20 bits per heavy atom. The second-order valence-corrected chi connectivity index (χ2v) is 17.5. The summed E-state index contributed by atoms with van der Waals surface area (Å²) in [6.45, 7) is 0. The predicted molar refractivity (Wildman–Crippen MR) is 176 cm³/mol. The average Bonchev–Trinajstić information content (AvgIpc) is 3.00. The first-order valence-electron chi connectivity index (χ1n) is 13.3. The Kier molecular flexibility index (Phi) is 8.38. The molecule has 0 fully saturated rings. The van der Waals surface area contributed by atoms with Gasteiger partial charge in [0, 0.05) is 48.8 Å². The molecule has 5 heteroatoms. The van der Waals surface area contributed by atoms with E-state index in [0.717, 1.165) is 49.0 Å². The van der Waals surface area contributed by atoms with Gasteiger partial charge in [0.25, 0.3) is 0 Å². The van der Waals surface area contributed by atoms with Crippen LogP contribution in [-0.2, 0) is 13.3 Å². The molecule has 0 bridgehead atoms. The van der Waals surface area contributed by atoms with Crippen LogP contribution >= 0.6 is 10.0 Å². The number of benzene rings is 5. The molecule has 0 saturated carbocycles. The molecule has 0 aliphatic rings. The van der Waals surface area contributed by atoms with Crippen LogP contribution in [0.5, 0.6) is 0 Å². The molecule has 206 valence electrons. The van der Waals surface area contributed by atoms with Crippen molar-refractivity contribution in [2.45, 2.75) is 4.90 Å². The monoisotopic (exact) mass is 574 g/mol. The van der Waals surface area contributed by atoms with Crippen LogP contribution in [0.15, 0.2) is 102 Å². The van der Waals surface area contributed by atoms with E-state index in [-0.39, 0.29) is 0 Å². The standard InChI is InChI=1S/C36H34O3SSi/c1-37-41(38-2,39-3)30-23-17-28(18-24-30)20-26-36-33-13-9-7-11-31(33)35(32-12-8-10-14-34(32)36)25-19-27-15-21-29(22-16-27)40(4,5)6/h7-18,21-24H,1-6H3. The molecule has 5 aromatic rings. The Labute approximate surface area is 246 Å². The van der Waals surface area contributed by atoms with Crippen molar-refractivity contribution in [2.75, 3.05) is 40.1 Å². The van der Waals surface area contributed by atoms with E-state index in [1.54, 1.807) is 21.3 Å². The number of hydrogen-bond donors (Lipinski definition) is 0. The molecule has 0 aliphatic heterocycles. The van der Waals surface area contributed by atoms with Crippen LogP contribution in [0.3, 0.4) is 0 Å². The first-order valence-corrected chi connectivity index (χ1v) is 17.9. The minimum atomic E-state index is -2.89. The zero-order valence-corrected chi connectivity index (χ0v) is 26.2. The van der Waals surface area contributed by atoms with Crippen molar-refractivity contribution in [1.82, 2.24) is 0 Å². The average molecular weight is 575 g/mol. The fourth-order valence-electron chi connectivity index (χ4n) is 4.97. The molecular formula is C36H34O3SSi. The maximum Gasteiger partial charge on any atom is 0.536 e. The third-order valence-corrected chi connectivity index (χ3v) is 11.5. The van der Waals surface area contributed by atoms with E-state index in [2.05, 4.69) is 115 Å². The molecule has 0 amide bonds. The van der Waals surface area contributed by atoms with Crippen molar-refractivity contribution in [1.29, 1.82) is 0 Å². The first kappa shape index (κ1) is 28.7. The second kappa shape index (κ2) is 12.0. The molecule has 41 heavy (non-hydrogen) atoms. The highest BCUT2D eigenvalue weighted by Crippen LogP contribution is 2.44. The lowest BCUT2D eigenvalue weighted by Crippen LogP contribution is -2.54. The summed E-state index contributed by atoms with van der Waals surface area (Å²) in [7, 11) is 1.19. The molecule has 0 aliphatic carbocycles. The van der Waals surface area contributed by atoms with E-state index in [1.807, 2.05) is 24.3 Å². The molecule has 0 aromatic heterocycles. The summed E-state index contributed by atoms with van der Waals surface area (Å²) >= 11 is 0. The SMILES string of the molecule is CO[Si](OC)(OC)c1ccc(C#Cc2c3ccccc3c(C#Cc3ccc(S(C)(C)C)cc3)c3ccccc23)cc1. The molecular weight excluding hydrogens is 541 g/mol. The van der Waals surface area contributed by atoms with Crippen LogP contribution in [0, 0.1) is 23.7 Å². The Hall–Kier alpha value is -3.81. The van der Waals surface area contributed by atoms with Crippen molar-refractivity contribution >= 4 is 45.6 Å². The summed E-state index contributed by atoms with van der Waals surface area (Å²) in [6.07, 6.45) is 6.92. The van der Waals surface area contributed by atoms with Gasteiger partial charge in [-0.25, -0.2) is 10.0 Å². The highest BCUT2D eigenvalue weighted by atomic mass is 32.3. The fourth-order valence-corrected chi connectivity index (χ4v) is 7.71. The highest BCUT2D eigenvalue weighted by molar-refractivity contribution is 8.32. The first-order chi connectivity index (χ1) is 19.8. The van der Waals surface area contributed by atoms with E-state index in [9.17, 15) is 0 Å². The van der Waals surface area contributed by atoms with Crippen molar-refractivity contribution in [2.24, 2.45) is 0 Å². The van der Waals surface area contributed by atoms with E-state index in [4.69, 9.17) is 13.3 Å². The van der Waals surface area contributed by atoms with E-state index < -0.39 is 18.8 Å². The Balaban J connectivity index is 1.60. The van der Waals surface area contributed by atoms with Gasteiger partial charge in [-0.2, -0.15) is 0 Å². The molecule has 0 heterocycles. The number of rotatable bonds is 5. The summed E-state index contributed by atoms with van der Waals surface area (Å²) in [4.78, 5) is 1.38. The zero-order chi connectivity index (χ0) is 29.0. The topological polar surface area (TPSA) is 27.7 Å². The van der Waals surface area contributed by atoms with Crippen LogP contribution in [0.4, 0.5) is 0 Å². The van der Waals surface area contributed by atoms with Gasteiger partial charge in [-0.1, -0.05) is 84.3 Å². The minimum absolute atomic E-state index is 0.764. The van der Waals surface area contributed by atoms with Crippen molar-refractivity contribution in [3.63, 3.8) is 0 Å². The smallest absolute Gasteiger partial charge is 0.373 e. The van der Waals surface area contributed by atoms with Crippen LogP contribution in [0.25, 0.3) is 21.5 Å². The van der Waals surface area contributed by atoms with Crippen LogP contribution < -0.4 is 5.19 Å². The number of hydrogen-bond acceptors (Lipinski definition) is 3. The van der Waals surface area contributed by atoms with Gasteiger partial charge >= 0.3 is 8.80 Å². The fraction of sp³-hybridized carbons (Fsp3) is 0.167. The molecule has 0 unspecified atom stereocenters. The molecule has 3 nitrogen and oxygen atoms in total. The molecule has 0 N–H and O–H groups in total. The van der Waals surface area contributed by atoms with Crippen LogP contribution in [0.1, 0.15) is 22.3 Å². The molecule has 0 saturated heterocycles. The van der Waals surface area contributed by atoms with Crippen LogP contribution in [0.2, 0.25) is 0 Å². The van der Waals surface area contributed by atoms with Crippen molar-refractivity contribution in [3.05, 3.63) is 119 Å². The Morgan fingerprint density at radius 1 is 0.488 bits per heavy atom. The highest BCUT2D eigenvalue weighted by Gasteiger charge is 2.40. The Bertz CT molecular complexity index is 1760. The molecule has 0 atom stereocenters. The van der Waals surface area contributed by atoms with Crippen LogP contribution in [-0.4, -0.2) is 48.9 Å². The Morgan fingerprint density at radius 2 is 0.854 bits per heavy atom. The van der Waals surface area contributed by atoms with E-state index >= 15 is 0 Å². The van der Waals surface area contributed by atoms with E-state index in [0.29, 0.717) is 0 Å². The molecule has 0 spiro atoms. The third kappa shape index (κ3) is 5.83. The lowest BCUT2D eigenvalue weighted by molar-refractivity contribution is 0.140. The maximum absolute atomic E-state index is 5.61. The summed E-state index contributed by atoms with van der Waals surface area (Å²) < 4.78 is 16.8.